The lowest BCUT2D eigenvalue weighted by Gasteiger charge is -2.15. The minimum absolute atomic E-state index is 0.414. The molecular weight excluding hydrogens is 301 g/mol. The number of benzene rings is 1. The van der Waals surface area contributed by atoms with E-state index in [1.807, 2.05) is 0 Å². The third-order valence-electron chi connectivity index (χ3n) is 2.18. The first-order valence-corrected chi connectivity index (χ1v) is 5.71. The molecule has 0 radical (unpaired) electrons. The molecule has 0 aliphatic rings. The highest BCUT2D eigenvalue weighted by Gasteiger charge is 2.31. The summed E-state index contributed by atoms with van der Waals surface area (Å²) in [5, 5.41) is 0. The molecule has 0 aliphatic carbocycles. The molecule has 0 spiro atoms. The minimum Gasteiger partial charge on any atom is -0.493 e. The first-order valence-electron chi connectivity index (χ1n) is 4.80. The van der Waals surface area contributed by atoms with Gasteiger partial charge in [0.25, 0.3) is 0 Å². The van der Waals surface area contributed by atoms with Crippen molar-refractivity contribution in [2.24, 2.45) is 0 Å². The van der Waals surface area contributed by atoms with Crippen molar-refractivity contribution < 1.29 is 22.6 Å². The minimum atomic E-state index is -4.21. The Bertz CT molecular complexity index is 379. The maximum absolute atomic E-state index is 12.2. The van der Waals surface area contributed by atoms with Crippen LogP contribution < -0.4 is 9.47 Å². The molecule has 1 atom stereocenters. The third kappa shape index (κ3) is 4.11. The molecule has 96 valence electrons. The average Bonchev–Trinajstić information content (AvgIpc) is 2.25. The molecule has 17 heavy (non-hydrogen) atoms. The van der Waals surface area contributed by atoms with Gasteiger partial charge in [0.05, 0.1) is 20.6 Å². The van der Waals surface area contributed by atoms with E-state index in [1.54, 1.807) is 12.1 Å². The topological polar surface area (TPSA) is 18.5 Å². The van der Waals surface area contributed by atoms with E-state index in [-0.39, 0.29) is 0 Å². The van der Waals surface area contributed by atoms with Crippen molar-refractivity contribution >= 4 is 15.9 Å². The first-order chi connectivity index (χ1) is 7.87. The van der Waals surface area contributed by atoms with Gasteiger partial charge >= 0.3 is 6.18 Å². The Kier molecular flexibility index (Phi) is 4.68. The molecule has 0 N–H and O–H groups in total. The normalized spacial score (nSPS) is 13.3. The Morgan fingerprint density at radius 1 is 1.18 bits per heavy atom. The van der Waals surface area contributed by atoms with E-state index in [0.29, 0.717) is 17.1 Å². The smallest absolute Gasteiger partial charge is 0.390 e. The summed E-state index contributed by atoms with van der Waals surface area (Å²) in [6.07, 6.45) is -5.14. The molecule has 0 aliphatic heterocycles. The lowest BCUT2D eigenvalue weighted by molar-refractivity contribution is -0.134. The third-order valence-corrected chi connectivity index (χ3v) is 3.03. The number of halogens is 4. The van der Waals surface area contributed by atoms with Gasteiger partial charge < -0.3 is 9.47 Å². The zero-order valence-corrected chi connectivity index (χ0v) is 10.9. The summed E-state index contributed by atoms with van der Waals surface area (Å²) in [5.74, 6) is 0.902. The fourth-order valence-electron chi connectivity index (χ4n) is 1.37. The molecule has 1 aromatic rings. The summed E-state index contributed by atoms with van der Waals surface area (Å²) in [6.45, 7) is 0. The van der Waals surface area contributed by atoms with Gasteiger partial charge in [0.15, 0.2) is 11.5 Å². The van der Waals surface area contributed by atoms with Crippen LogP contribution in [0.4, 0.5) is 13.2 Å². The van der Waals surface area contributed by atoms with E-state index in [9.17, 15) is 13.2 Å². The Labute approximate surface area is 106 Å². The monoisotopic (exact) mass is 312 g/mol. The number of rotatable bonds is 4. The van der Waals surface area contributed by atoms with E-state index in [0.717, 1.165) is 0 Å². The largest absolute Gasteiger partial charge is 0.493 e. The lowest BCUT2D eigenvalue weighted by Crippen LogP contribution is -2.10. The summed E-state index contributed by atoms with van der Waals surface area (Å²) in [6, 6.07) is 4.69. The van der Waals surface area contributed by atoms with Crippen LogP contribution >= 0.6 is 15.9 Å². The van der Waals surface area contributed by atoms with Crippen molar-refractivity contribution in [2.45, 2.75) is 17.4 Å². The number of hydrogen-bond acceptors (Lipinski definition) is 2. The van der Waals surface area contributed by atoms with Crippen molar-refractivity contribution in [3.63, 3.8) is 0 Å². The molecule has 1 unspecified atom stereocenters. The quantitative estimate of drug-likeness (QED) is 0.780. The van der Waals surface area contributed by atoms with Crippen LogP contribution in [-0.2, 0) is 0 Å². The summed E-state index contributed by atoms with van der Waals surface area (Å²) in [5.41, 5.74) is 0.500. The highest BCUT2D eigenvalue weighted by Crippen LogP contribution is 2.38. The number of alkyl halides is 4. The molecule has 0 aromatic heterocycles. The molecule has 0 saturated heterocycles. The van der Waals surface area contributed by atoms with Gasteiger partial charge in [-0.05, 0) is 17.7 Å². The SMILES string of the molecule is COc1ccc(C(Br)CC(F)(F)F)cc1OC. The van der Waals surface area contributed by atoms with E-state index < -0.39 is 17.4 Å². The number of ether oxygens (including phenoxy) is 2. The number of methoxy groups -OCH3 is 2. The summed E-state index contributed by atoms with van der Waals surface area (Å²) >= 11 is 3.02. The van der Waals surface area contributed by atoms with Crippen LogP contribution in [0.2, 0.25) is 0 Å². The Morgan fingerprint density at radius 2 is 1.76 bits per heavy atom. The second-order valence-electron chi connectivity index (χ2n) is 3.40. The van der Waals surface area contributed by atoms with Crippen LogP contribution in [-0.4, -0.2) is 20.4 Å². The second-order valence-corrected chi connectivity index (χ2v) is 4.51. The molecule has 0 bridgehead atoms. The number of hydrogen-bond donors (Lipinski definition) is 0. The molecule has 0 fully saturated rings. The van der Waals surface area contributed by atoms with Crippen molar-refractivity contribution in [1.82, 2.24) is 0 Å². The standard InChI is InChI=1S/C11H12BrF3O2/c1-16-9-4-3-7(5-10(9)17-2)8(12)6-11(13,14)15/h3-5,8H,6H2,1-2H3. The highest BCUT2D eigenvalue weighted by atomic mass is 79.9. The van der Waals surface area contributed by atoms with Gasteiger partial charge in [0.2, 0.25) is 0 Å². The van der Waals surface area contributed by atoms with E-state index in [4.69, 9.17) is 9.47 Å². The van der Waals surface area contributed by atoms with Crippen molar-refractivity contribution in [3.8, 4) is 11.5 Å². The fourth-order valence-corrected chi connectivity index (χ4v) is 2.02. The van der Waals surface area contributed by atoms with Gasteiger partial charge in [-0.25, -0.2) is 0 Å². The van der Waals surface area contributed by atoms with Crippen LogP contribution in [0.15, 0.2) is 18.2 Å². The fraction of sp³-hybridized carbons (Fsp3) is 0.455. The summed E-state index contributed by atoms with van der Waals surface area (Å²) in [7, 11) is 2.91. The van der Waals surface area contributed by atoms with Crippen LogP contribution in [0.1, 0.15) is 16.8 Å². The molecule has 6 heteroatoms. The molecular formula is C11H12BrF3O2. The zero-order chi connectivity index (χ0) is 13.1. The van der Waals surface area contributed by atoms with Gasteiger partial charge in [-0.3, -0.25) is 0 Å². The van der Waals surface area contributed by atoms with Gasteiger partial charge in [-0.15, -0.1) is 0 Å². The lowest BCUT2D eigenvalue weighted by atomic mass is 10.1. The van der Waals surface area contributed by atoms with Crippen LogP contribution in [0.25, 0.3) is 0 Å². The van der Waals surface area contributed by atoms with Gasteiger partial charge in [0, 0.05) is 4.83 Å². The van der Waals surface area contributed by atoms with Crippen molar-refractivity contribution in [2.75, 3.05) is 14.2 Å². The molecule has 2 nitrogen and oxygen atoms in total. The van der Waals surface area contributed by atoms with Crippen LogP contribution in [0.3, 0.4) is 0 Å². The van der Waals surface area contributed by atoms with Crippen LogP contribution in [0, 0.1) is 0 Å². The predicted octanol–water partition coefficient (Wildman–Crippen LogP) is 4.09. The van der Waals surface area contributed by atoms with Crippen molar-refractivity contribution in [3.05, 3.63) is 23.8 Å². The van der Waals surface area contributed by atoms with Crippen molar-refractivity contribution in [1.29, 1.82) is 0 Å². The molecule has 0 amide bonds. The summed E-state index contributed by atoms with van der Waals surface area (Å²) in [4.78, 5) is -0.790. The average molecular weight is 313 g/mol. The van der Waals surface area contributed by atoms with Gasteiger partial charge in [-0.1, -0.05) is 22.0 Å². The van der Waals surface area contributed by atoms with Gasteiger partial charge in [0.1, 0.15) is 0 Å². The van der Waals surface area contributed by atoms with E-state index in [2.05, 4.69) is 15.9 Å². The second kappa shape index (κ2) is 5.62. The Balaban J connectivity index is 2.92. The van der Waals surface area contributed by atoms with E-state index in [1.165, 1.54) is 20.3 Å². The highest BCUT2D eigenvalue weighted by molar-refractivity contribution is 9.09. The summed E-state index contributed by atoms with van der Waals surface area (Å²) < 4.78 is 46.7. The Morgan fingerprint density at radius 3 is 2.24 bits per heavy atom. The van der Waals surface area contributed by atoms with Gasteiger partial charge in [-0.2, -0.15) is 13.2 Å². The maximum atomic E-state index is 12.2. The maximum Gasteiger partial charge on any atom is 0.390 e. The predicted molar refractivity (Wildman–Crippen MR) is 61.9 cm³/mol. The van der Waals surface area contributed by atoms with Crippen LogP contribution in [0.5, 0.6) is 11.5 Å². The Hall–Kier alpha value is -0.910. The molecule has 1 aromatic carbocycles. The first kappa shape index (κ1) is 14.2. The zero-order valence-electron chi connectivity index (χ0n) is 9.34. The molecule has 1 rings (SSSR count). The molecule has 0 heterocycles. The van der Waals surface area contributed by atoms with E-state index >= 15 is 0 Å². The molecule has 0 saturated carbocycles.